The molecule has 0 N–H and O–H groups in total. The highest BCUT2D eigenvalue weighted by Gasteiger charge is 2.30. The van der Waals surface area contributed by atoms with Crippen LogP contribution in [0, 0.1) is 5.92 Å². The first kappa shape index (κ1) is 11.3. The van der Waals surface area contributed by atoms with Gasteiger partial charge in [-0.25, -0.2) is 0 Å². The Bertz CT molecular complexity index is 243. The molecule has 1 unspecified atom stereocenters. The summed E-state index contributed by atoms with van der Waals surface area (Å²) >= 11 is 5.66. The second-order valence-electron chi connectivity index (χ2n) is 3.79. The van der Waals surface area contributed by atoms with Crippen LogP contribution in [0.2, 0.25) is 0 Å². The third kappa shape index (κ3) is 2.61. The Morgan fingerprint density at radius 2 is 2.29 bits per heavy atom. The number of likely N-dealkylation sites (N-methyl/N-ethyl adjacent to an activating group) is 1. The van der Waals surface area contributed by atoms with Gasteiger partial charge in [-0.1, -0.05) is 0 Å². The lowest BCUT2D eigenvalue weighted by molar-refractivity contribution is -0.136. The number of likely N-dealkylation sites (tertiary alicyclic amines) is 1. The molecule has 1 rings (SSSR count). The van der Waals surface area contributed by atoms with Crippen LogP contribution in [0.3, 0.4) is 0 Å². The van der Waals surface area contributed by atoms with Crippen LogP contribution in [0.15, 0.2) is 0 Å². The van der Waals surface area contributed by atoms with E-state index in [2.05, 4.69) is 0 Å². The molecule has 1 atom stereocenters. The minimum absolute atomic E-state index is 0.0332. The maximum Gasteiger partial charge on any atom is 0.241 e. The molecule has 4 nitrogen and oxygen atoms in total. The highest BCUT2D eigenvalue weighted by Crippen LogP contribution is 2.18. The van der Waals surface area contributed by atoms with Crippen molar-refractivity contribution in [3.05, 3.63) is 0 Å². The van der Waals surface area contributed by atoms with Gasteiger partial charge in [-0.2, -0.15) is 0 Å². The summed E-state index contributed by atoms with van der Waals surface area (Å²) in [5.74, 6) is 0.678. The van der Waals surface area contributed by atoms with Gasteiger partial charge in [-0.05, 0) is 5.92 Å². The summed E-state index contributed by atoms with van der Waals surface area (Å²) in [6.45, 7) is 0.793. The van der Waals surface area contributed by atoms with Crippen LogP contribution in [0.25, 0.3) is 0 Å². The van der Waals surface area contributed by atoms with Crippen molar-refractivity contribution < 1.29 is 9.59 Å². The van der Waals surface area contributed by atoms with Gasteiger partial charge in [0.1, 0.15) is 0 Å². The van der Waals surface area contributed by atoms with Gasteiger partial charge >= 0.3 is 0 Å². The second kappa shape index (κ2) is 4.64. The quantitative estimate of drug-likeness (QED) is 0.634. The number of amides is 2. The van der Waals surface area contributed by atoms with Gasteiger partial charge in [0.15, 0.2) is 0 Å². The van der Waals surface area contributed by atoms with Gasteiger partial charge in [0.2, 0.25) is 11.8 Å². The third-order valence-electron chi connectivity index (χ3n) is 2.34. The Hall–Kier alpha value is -0.770. The van der Waals surface area contributed by atoms with Crippen molar-refractivity contribution >= 4 is 23.4 Å². The van der Waals surface area contributed by atoms with E-state index in [1.807, 2.05) is 0 Å². The fraction of sp³-hybridized carbons (Fsp3) is 0.778. The zero-order chi connectivity index (χ0) is 10.7. The average molecular weight is 219 g/mol. The molecule has 1 saturated heterocycles. The summed E-state index contributed by atoms with van der Waals surface area (Å²) in [5, 5.41) is 0. The van der Waals surface area contributed by atoms with E-state index in [0.29, 0.717) is 18.8 Å². The molecule has 0 bridgehead atoms. The van der Waals surface area contributed by atoms with Crippen LogP contribution in [0.4, 0.5) is 0 Å². The van der Waals surface area contributed by atoms with E-state index in [-0.39, 0.29) is 24.3 Å². The van der Waals surface area contributed by atoms with Crippen LogP contribution in [-0.2, 0) is 9.59 Å². The molecular formula is C9H15ClN2O2. The number of rotatable bonds is 3. The van der Waals surface area contributed by atoms with Crippen molar-refractivity contribution in [2.75, 3.05) is 33.1 Å². The van der Waals surface area contributed by atoms with Crippen LogP contribution >= 0.6 is 11.6 Å². The van der Waals surface area contributed by atoms with Crippen molar-refractivity contribution in [2.24, 2.45) is 5.92 Å². The molecule has 0 radical (unpaired) electrons. The zero-order valence-electron chi connectivity index (χ0n) is 8.49. The van der Waals surface area contributed by atoms with Crippen molar-refractivity contribution in [1.29, 1.82) is 0 Å². The number of carbonyl (C=O) groups is 2. The monoisotopic (exact) mass is 218 g/mol. The summed E-state index contributed by atoms with van der Waals surface area (Å²) in [6, 6.07) is 0. The Morgan fingerprint density at radius 1 is 1.64 bits per heavy atom. The highest BCUT2D eigenvalue weighted by atomic mass is 35.5. The van der Waals surface area contributed by atoms with Crippen molar-refractivity contribution in [3.63, 3.8) is 0 Å². The van der Waals surface area contributed by atoms with Gasteiger partial charge in [0, 0.05) is 32.9 Å². The van der Waals surface area contributed by atoms with E-state index < -0.39 is 0 Å². The lowest BCUT2D eigenvalue weighted by Crippen LogP contribution is -2.37. The van der Waals surface area contributed by atoms with Crippen LogP contribution in [0.1, 0.15) is 6.42 Å². The standard InChI is InChI=1S/C9H15ClN2O2/c1-11(2)9(14)6-12-5-7(4-10)3-8(12)13/h7H,3-6H2,1-2H3. The molecule has 0 aromatic rings. The van der Waals surface area contributed by atoms with Gasteiger partial charge in [-0.15, -0.1) is 11.6 Å². The maximum absolute atomic E-state index is 11.4. The Balaban J connectivity index is 2.46. The van der Waals surface area contributed by atoms with E-state index in [1.54, 1.807) is 19.0 Å². The molecule has 0 aromatic carbocycles. The molecule has 5 heteroatoms. The van der Waals surface area contributed by atoms with Gasteiger partial charge < -0.3 is 9.80 Å². The first-order chi connectivity index (χ1) is 6.54. The SMILES string of the molecule is CN(C)C(=O)CN1CC(CCl)CC1=O. The number of halogens is 1. The lowest BCUT2D eigenvalue weighted by atomic mass is 10.1. The number of nitrogens with zero attached hydrogens (tertiary/aromatic N) is 2. The zero-order valence-corrected chi connectivity index (χ0v) is 9.25. The molecule has 1 aliphatic rings. The highest BCUT2D eigenvalue weighted by molar-refractivity contribution is 6.18. The summed E-state index contributed by atoms with van der Waals surface area (Å²) in [5.41, 5.74) is 0. The van der Waals surface area contributed by atoms with Gasteiger partial charge in [0.25, 0.3) is 0 Å². The predicted octanol–water partition coefficient (Wildman–Crippen LogP) is 0.162. The lowest BCUT2D eigenvalue weighted by Gasteiger charge is -2.18. The second-order valence-corrected chi connectivity index (χ2v) is 4.10. The molecule has 14 heavy (non-hydrogen) atoms. The van der Waals surface area contributed by atoms with Crippen LogP contribution in [0.5, 0.6) is 0 Å². The largest absolute Gasteiger partial charge is 0.347 e. The minimum Gasteiger partial charge on any atom is -0.347 e. The van der Waals surface area contributed by atoms with E-state index in [0.717, 1.165) is 0 Å². The van der Waals surface area contributed by atoms with Crippen molar-refractivity contribution in [1.82, 2.24) is 9.80 Å². The van der Waals surface area contributed by atoms with Crippen LogP contribution in [-0.4, -0.2) is 54.7 Å². The van der Waals surface area contributed by atoms with Crippen LogP contribution < -0.4 is 0 Å². The molecule has 80 valence electrons. The van der Waals surface area contributed by atoms with Crippen molar-refractivity contribution in [3.8, 4) is 0 Å². The van der Waals surface area contributed by atoms with Gasteiger partial charge in [-0.3, -0.25) is 9.59 Å². The summed E-state index contributed by atoms with van der Waals surface area (Å²) in [4.78, 5) is 25.8. The van der Waals surface area contributed by atoms with Gasteiger partial charge in [0.05, 0.1) is 6.54 Å². The molecule has 0 saturated carbocycles. The van der Waals surface area contributed by atoms with E-state index in [4.69, 9.17) is 11.6 Å². The number of hydrogen-bond acceptors (Lipinski definition) is 2. The molecule has 0 aromatic heterocycles. The van der Waals surface area contributed by atoms with E-state index >= 15 is 0 Å². The number of carbonyl (C=O) groups excluding carboxylic acids is 2. The minimum atomic E-state index is -0.0476. The first-order valence-electron chi connectivity index (χ1n) is 4.58. The average Bonchev–Trinajstić information content (AvgIpc) is 2.47. The number of alkyl halides is 1. The normalized spacial score (nSPS) is 21.5. The molecule has 2 amide bonds. The fourth-order valence-corrected chi connectivity index (χ4v) is 1.62. The Kier molecular flexibility index (Phi) is 3.75. The topological polar surface area (TPSA) is 40.6 Å². The molecule has 1 aliphatic heterocycles. The molecule has 0 spiro atoms. The van der Waals surface area contributed by atoms with Crippen molar-refractivity contribution in [2.45, 2.75) is 6.42 Å². The molecular weight excluding hydrogens is 204 g/mol. The molecule has 1 fully saturated rings. The maximum atomic E-state index is 11.4. The fourth-order valence-electron chi connectivity index (χ4n) is 1.41. The Morgan fingerprint density at radius 3 is 2.71 bits per heavy atom. The third-order valence-corrected chi connectivity index (χ3v) is 2.77. The predicted molar refractivity (Wildman–Crippen MR) is 54.1 cm³/mol. The summed E-state index contributed by atoms with van der Waals surface area (Å²) in [6.07, 6.45) is 0.476. The Labute approximate surface area is 88.8 Å². The summed E-state index contributed by atoms with van der Waals surface area (Å²) in [7, 11) is 3.36. The van der Waals surface area contributed by atoms with E-state index in [9.17, 15) is 9.59 Å². The first-order valence-corrected chi connectivity index (χ1v) is 5.12. The molecule has 0 aliphatic carbocycles. The summed E-state index contributed by atoms with van der Waals surface area (Å²) < 4.78 is 0. The van der Waals surface area contributed by atoms with E-state index in [1.165, 1.54) is 4.90 Å². The number of hydrogen-bond donors (Lipinski definition) is 0. The molecule has 1 heterocycles. The smallest absolute Gasteiger partial charge is 0.241 e.